The van der Waals surface area contributed by atoms with Crippen LogP contribution in [0.2, 0.25) is 0 Å². The smallest absolute Gasteiger partial charge is 0.316 e. The number of aliphatic carboxylic acids is 1. The van der Waals surface area contributed by atoms with Gasteiger partial charge in [0.05, 0.1) is 12.0 Å². The third-order valence-corrected chi connectivity index (χ3v) is 8.43. The molecule has 4 aliphatic carbocycles. The molecular weight excluding hydrogens is 364 g/mol. The van der Waals surface area contributed by atoms with Crippen molar-refractivity contribution < 1.29 is 34.1 Å². The van der Waals surface area contributed by atoms with Crippen molar-refractivity contribution in [2.75, 3.05) is 0 Å². The monoisotopic (exact) mass is 388 g/mol. The van der Waals surface area contributed by atoms with E-state index in [4.69, 9.17) is 9.47 Å². The maximum Gasteiger partial charge on any atom is 0.316 e. The summed E-state index contributed by atoms with van der Waals surface area (Å²) in [5, 5.41) is 20.9. The first kappa shape index (κ1) is 17.9. The molecule has 0 aromatic heterocycles. The van der Waals surface area contributed by atoms with E-state index < -0.39 is 57.9 Å². The predicted octanol–water partition coefficient (Wildman–Crippen LogP) is 1.60. The Labute approximate surface area is 162 Å². The Hall–Kier alpha value is -2.15. The minimum Gasteiger partial charge on any atom is -0.481 e. The third kappa shape index (κ3) is 1.65. The largest absolute Gasteiger partial charge is 0.481 e. The molecule has 2 N–H and O–H groups in total. The lowest BCUT2D eigenvalue weighted by Gasteiger charge is -2.45. The normalized spacial score (nSPS) is 52.8. The van der Waals surface area contributed by atoms with Crippen LogP contribution in [0.1, 0.15) is 39.5 Å². The van der Waals surface area contributed by atoms with Crippen LogP contribution in [0.15, 0.2) is 24.3 Å². The maximum absolute atomic E-state index is 12.8. The van der Waals surface area contributed by atoms with Crippen molar-refractivity contribution in [3.8, 4) is 0 Å². The van der Waals surface area contributed by atoms with E-state index in [0.29, 0.717) is 25.7 Å². The van der Waals surface area contributed by atoms with Crippen LogP contribution in [0.4, 0.5) is 0 Å². The Morgan fingerprint density at radius 2 is 2.11 bits per heavy atom. The number of carbonyl (C=O) groups excluding carboxylic acids is 2. The Morgan fingerprint density at radius 3 is 2.75 bits per heavy atom. The van der Waals surface area contributed by atoms with Crippen LogP contribution in [0.25, 0.3) is 0 Å². The van der Waals surface area contributed by atoms with Gasteiger partial charge in [0, 0.05) is 18.8 Å². The number of ether oxygens (including phenoxy) is 2. The van der Waals surface area contributed by atoms with Gasteiger partial charge in [-0.15, -0.1) is 0 Å². The second-order valence-electron chi connectivity index (χ2n) is 9.49. The number of carboxylic acid groups (broad SMARTS) is 1. The van der Waals surface area contributed by atoms with Gasteiger partial charge in [0.25, 0.3) is 0 Å². The fourth-order valence-electron chi connectivity index (χ4n) is 7.54. The SMILES string of the molecule is C=C1C[C@]23C[C@@]1(OC(C)=O)CC[C@H]2[C@@]12C=C[C@@H](O)[C@@](C)(C(=O)O1)[C@H]2[C@@H]3C(=O)O. The van der Waals surface area contributed by atoms with E-state index in [0.717, 1.165) is 5.57 Å². The van der Waals surface area contributed by atoms with Crippen molar-refractivity contribution in [2.45, 2.75) is 56.8 Å². The van der Waals surface area contributed by atoms with Gasteiger partial charge >= 0.3 is 17.9 Å². The molecule has 3 saturated carbocycles. The van der Waals surface area contributed by atoms with Crippen molar-refractivity contribution in [1.82, 2.24) is 0 Å². The molecular formula is C21H24O7. The minimum atomic E-state index is -1.31. The predicted molar refractivity (Wildman–Crippen MR) is 94.7 cm³/mol. The van der Waals surface area contributed by atoms with Crippen LogP contribution in [0, 0.1) is 28.6 Å². The van der Waals surface area contributed by atoms with E-state index in [1.807, 2.05) is 0 Å². The summed E-state index contributed by atoms with van der Waals surface area (Å²) in [6.07, 6.45) is 4.09. The van der Waals surface area contributed by atoms with Crippen LogP contribution in [-0.4, -0.2) is 45.4 Å². The highest BCUT2D eigenvalue weighted by molar-refractivity contribution is 5.86. The first-order valence-electron chi connectivity index (χ1n) is 9.75. The molecule has 28 heavy (non-hydrogen) atoms. The number of carbonyl (C=O) groups is 3. The molecule has 0 aromatic carbocycles. The first-order chi connectivity index (χ1) is 13.0. The van der Waals surface area contributed by atoms with Gasteiger partial charge in [0.2, 0.25) is 0 Å². The van der Waals surface area contributed by atoms with E-state index in [-0.39, 0.29) is 5.92 Å². The maximum atomic E-state index is 12.8. The summed E-state index contributed by atoms with van der Waals surface area (Å²) in [5.41, 5.74) is -3.19. The van der Waals surface area contributed by atoms with Crippen LogP contribution >= 0.6 is 0 Å². The Balaban J connectivity index is 1.72. The molecule has 150 valence electrons. The van der Waals surface area contributed by atoms with E-state index in [1.54, 1.807) is 19.1 Å². The molecule has 1 spiro atoms. The van der Waals surface area contributed by atoms with E-state index in [9.17, 15) is 24.6 Å². The number of aliphatic hydroxyl groups excluding tert-OH is 1. The van der Waals surface area contributed by atoms with E-state index in [2.05, 4.69) is 6.58 Å². The molecule has 0 aromatic rings. The standard InChI is InChI=1S/C21H24O7/c1-10-8-19-9-20(10,27-11(2)22)6-4-12(19)21-7-5-13(23)18(3,17(26)28-21)15(21)14(19)16(24)25/h5,7,12-15,23H,1,4,6,8-9H2,2-3H3,(H,24,25)/t12-,13-,14-,15-,18-,19+,20+,21-/m1/s1. The van der Waals surface area contributed by atoms with Crippen molar-refractivity contribution in [3.63, 3.8) is 0 Å². The summed E-state index contributed by atoms with van der Waals surface area (Å²) in [7, 11) is 0. The molecule has 4 fully saturated rings. The fraction of sp³-hybridized carbons (Fsp3) is 0.667. The lowest BCUT2D eigenvalue weighted by Crippen LogP contribution is -2.50. The lowest BCUT2D eigenvalue weighted by atomic mass is 9.61. The number of hydrogen-bond acceptors (Lipinski definition) is 6. The zero-order chi connectivity index (χ0) is 20.3. The number of esters is 2. The molecule has 0 amide bonds. The Morgan fingerprint density at radius 1 is 1.39 bits per heavy atom. The van der Waals surface area contributed by atoms with Gasteiger partial charge in [0.15, 0.2) is 0 Å². The van der Waals surface area contributed by atoms with Crippen LogP contribution in [0.5, 0.6) is 0 Å². The molecule has 4 bridgehead atoms. The van der Waals surface area contributed by atoms with Crippen LogP contribution in [0.3, 0.4) is 0 Å². The fourth-order valence-corrected chi connectivity index (χ4v) is 7.54. The summed E-state index contributed by atoms with van der Waals surface area (Å²) in [5.74, 6) is -3.74. The number of aliphatic hydroxyl groups is 1. The summed E-state index contributed by atoms with van der Waals surface area (Å²) in [4.78, 5) is 37.2. The highest BCUT2D eigenvalue weighted by Crippen LogP contribution is 2.77. The Kier molecular flexibility index (Phi) is 3.12. The lowest BCUT2D eigenvalue weighted by molar-refractivity contribution is -0.167. The molecule has 1 heterocycles. The van der Waals surface area contributed by atoms with Gasteiger partial charge in [-0.25, -0.2) is 0 Å². The number of rotatable bonds is 2. The molecule has 7 nitrogen and oxygen atoms in total. The summed E-state index contributed by atoms with van der Waals surface area (Å²) >= 11 is 0. The highest BCUT2D eigenvalue weighted by atomic mass is 16.6. The number of carboxylic acids is 1. The average Bonchev–Trinajstić information content (AvgIpc) is 3.02. The molecule has 8 atom stereocenters. The van der Waals surface area contributed by atoms with Gasteiger partial charge in [-0.1, -0.05) is 12.7 Å². The van der Waals surface area contributed by atoms with Crippen molar-refractivity contribution >= 4 is 17.9 Å². The summed E-state index contributed by atoms with van der Waals surface area (Å²) in [6.45, 7) is 7.12. The number of fused-ring (bicyclic) bond motifs is 1. The van der Waals surface area contributed by atoms with Gasteiger partial charge in [0.1, 0.15) is 16.6 Å². The summed E-state index contributed by atoms with van der Waals surface area (Å²) in [6, 6.07) is 0. The molecule has 1 saturated heterocycles. The van der Waals surface area contributed by atoms with Crippen LogP contribution in [-0.2, 0) is 23.9 Å². The van der Waals surface area contributed by atoms with Crippen molar-refractivity contribution in [3.05, 3.63) is 24.3 Å². The highest BCUT2D eigenvalue weighted by Gasteiger charge is 2.84. The molecule has 7 heteroatoms. The van der Waals surface area contributed by atoms with E-state index in [1.165, 1.54) is 6.92 Å². The molecule has 0 unspecified atom stereocenters. The first-order valence-corrected chi connectivity index (χ1v) is 9.75. The zero-order valence-corrected chi connectivity index (χ0v) is 15.9. The summed E-state index contributed by atoms with van der Waals surface area (Å²) < 4.78 is 11.6. The quantitative estimate of drug-likeness (QED) is 0.546. The number of hydrogen-bond donors (Lipinski definition) is 2. The van der Waals surface area contributed by atoms with Crippen molar-refractivity contribution in [2.24, 2.45) is 28.6 Å². The van der Waals surface area contributed by atoms with Crippen LogP contribution < -0.4 is 0 Å². The average molecular weight is 388 g/mol. The van der Waals surface area contributed by atoms with Gasteiger partial charge in [-0.05, 0) is 49.7 Å². The Bertz CT molecular complexity index is 876. The second kappa shape index (κ2) is 4.87. The van der Waals surface area contributed by atoms with Crippen molar-refractivity contribution in [1.29, 1.82) is 0 Å². The zero-order valence-electron chi connectivity index (χ0n) is 15.9. The molecule has 1 aliphatic heterocycles. The molecule has 5 rings (SSSR count). The third-order valence-electron chi connectivity index (χ3n) is 8.43. The van der Waals surface area contributed by atoms with Gasteiger partial charge in [-0.2, -0.15) is 0 Å². The van der Waals surface area contributed by atoms with E-state index >= 15 is 0 Å². The van der Waals surface area contributed by atoms with Gasteiger partial charge < -0.3 is 19.7 Å². The topological polar surface area (TPSA) is 110 Å². The molecule has 0 radical (unpaired) electrons. The second-order valence-corrected chi connectivity index (χ2v) is 9.49. The minimum absolute atomic E-state index is 0.219. The van der Waals surface area contributed by atoms with Gasteiger partial charge in [-0.3, -0.25) is 14.4 Å². The molecule has 5 aliphatic rings.